The van der Waals surface area contributed by atoms with Gasteiger partial charge in [-0.15, -0.1) is 0 Å². The van der Waals surface area contributed by atoms with Crippen LogP contribution < -0.4 is 5.32 Å². The average Bonchev–Trinajstić information content (AvgIpc) is 3.20. The Morgan fingerprint density at radius 2 is 1.88 bits per heavy atom. The van der Waals surface area contributed by atoms with Crippen molar-refractivity contribution < 1.29 is 14.4 Å². The molecule has 3 heterocycles. The van der Waals surface area contributed by atoms with Gasteiger partial charge in [-0.05, 0) is 92.6 Å². The molecule has 8 heteroatoms. The number of amides is 3. The lowest BCUT2D eigenvalue weighted by molar-refractivity contribution is -0.127. The smallest absolute Gasteiger partial charge is 0.294 e. The second-order valence-electron chi connectivity index (χ2n) is 7.99. The minimum absolute atomic E-state index is 0.297. The predicted octanol–water partition coefficient (Wildman–Crippen LogP) is 4.78. The van der Waals surface area contributed by atoms with E-state index in [1.165, 1.54) is 0 Å². The lowest BCUT2D eigenvalue weighted by atomic mass is 10.1. The number of carbonyl (C=O) groups excluding carboxylic acids is 3. The van der Waals surface area contributed by atoms with E-state index >= 15 is 0 Å². The fourth-order valence-electron chi connectivity index (χ4n) is 3.76. The Kier molecular flexibility index (Phi) is 6.20. The molecule has 33 heavy (non-hydrogen) atoms. The highest BCUT2D eigenvalue weighted by atomic mass is 32.2. The lowest BCUT2D eigenvalue weighted by Crippen LogP contribution is -2.36. The summed E-state index contributed by atoms with van der Waals surface area (Å²) >= 11 is 0.846. The van der Waals surface area contributed by atoms with Crippen molar-refractivity contribution in [3.05, 3.63) is 81.8 Å². The van der Waals surface area contributed by atoms with Crippen LogP contribution in [0.2, 0.25) is 0 Å². The Hall–Kier alpha value is -3.65. The Morgan fingerprint density at radius 1 is 1.09 bits per heavy atom. The van der Waals surface area contributed by atoms with Crippen molar-refractivity contribution in [2.24, 2.45) is 0 Å². The molecule has 2 aromatic heterocycles. The number of aryl methyl sites for hydroxylation is 3. The third kappa shape index (κ3) is 4.61. The maximum atomic E-state index is 12.9. The summed E-state index contributed by atoms with van der Waals surface area (Å²) in [6.45, 7) is 7.54. The van der Waals surface area contributed by atoms with Crippen molar-refractivity contribution in [1.29, 1.82) is 0 Å². The van der Waals surface area contributed by atoms with E-state index in [9.17, 15) is 14.4 Å². The number of benzene rings is 1. The van der Waals surface area contributed by atoms with Crippen LogP contribution in [0.5, 0.6) is 0 Å². The zero-order valence-electron chi connectivity index (χ0n) is 18.9. The lowest BCUT2D eigenvalue weighted by Gasteiger charge is -2.13. The number of anilines is 1. The maximum Gasteiger partial charge on any atom is 0.294 e. The van der Waals surface area contributed by atoms with Crippen LogP contribution in [0.4, 0.5) is 10.5 Å². The van der Waals surface area contributed by atoms with E-state index in [1.807, 2.05) is 62.6 Å². The molecule has 3 aromatic rings. The number of nitrogens with one attached hydrogen (secondary N) is 1. The van der Waals surface area contributed by atoms with Gasteiger partial charge >= 0.3 is 0 Å². The molecule has 0 radical (unpaired) electrons. The summed E-state index contributed by atoms with van der Waals surface area (Å²) in [4.78, 5) is 43.3. The second-order valence-corrected chi connectivity index (χ2v) is 8.98. The van der Waals surface area contributed by atoms with Crippen LogP contribution >= 0.6 is 11.8 Å². The van der Waals surface area contributed by atoms with Gasteiger partial charge in [0.1, 0.15) is 6.54 Å². The fourth-order valence-corrected chi connectivity index (χ4v) is 4.59. The monoisotopic (exact) mass is 460 g/mol. The molecule has 3 amide bonds. The van der Waals surface area contributed by atoms with Gasteiger partial charge in [0.25, 0.3) is 11.1 Å². The van der Waals surface area contributed by atoms with E-state index in [4.69, 9.17) is 0 Å². The van der Waals surface area contributed by atoms with E-state index in [0.717, 1.165) is 50.4 Å². The molecule has 0 bridgehead atoms. The highest BCUT2D eigenvalue weighted by Gasteiger charge is 2.36. The number of carbonyl (C=O) groups is 3. The first kappa shape index (κ1) is 22.5. The number of rotatable bonds is 5. The average molecular weight is 461 g/mol. The summed E-state index contributed by atoms with van der Waals surface area (Å²) in [5.41, 5.74) is 6.47. The van der Waals surface area contributed by atoms with Crippen LogP contribution in [-0.4, -0.2) is 38.0 Å². The van der Waals surface area contributed by atoms with Crippen molar-refractivity contribution in [1.82, 2.24) is 14.5 Å². The first-order valence-electron chi connectivity index (χ1n) is 10.5. The van der Waals surface area contributed by atoms with E-state index in [2.05, 4.69) is 10.3 Å². The molecule has 0 saturated carbocycles. The van der Waals surface area contributed by atoms with E-state index in [0.29, 0.717) is 10.6 Å². The summed E-state index contributed by atoms with van der Waals surface area (Å²) in [5.74, 6) is -0.886. The molecule has 1 saturated heterocycles. The van der Waals surface area contributed by atoms with Crippen molar-refractivity contribution in [3.63, 3.8) is 0 Å². The molecule has 0 atom stereocenters. The molecule has 0 unspecified atom stereocenters. The molecular formula is C25H24N4O3S. The molecule has 1 aromatic carbocycles. The summed E-state index contributed by atoms with van der Waals surface area (Å²) < 4.78 is 2.04. The zero-order valence-corrected chi connectivity index (χ0v) is 19.7. The van der Waals surface area contributed by atoms with Crippen LogP contribution in [0, 0.1) is 27.7 Å². The van der Waals surface area contributed by atoms with Gasteiger partial charge in [0.15, 0.2) is 0 Å². The number of pyridine rings is 1. The number of aromatic nitrogens is 2. The van der Waals surface area contributed by atoms with Gasteiger partial charge in [-0.1, -0.05) is 6.07 Å². The van der Waals surface area contributed by atoms with Crippen molar-refractivity contribution in [2.45, 2.75) is 27.7 Å². The molecule has 4 rings (SSSR count). The van der Waals surface area contributed by atoms with E-state index < -0.39 is 17.1 Å². The predicted molar refractivity (Wildman–Crippen MR) is 130 cm³/mol. The van der Waals surface area contributed by atoms with Crippen LogP contribution in [0.15, 0.2) is 53.7 Å². The van der Waals surface area contributed by atoms with Gasteiger partial charge in [0.05, 0.1) is 16.8 Å². The largest absolute Gasteiger partial charge is 0.325 e. The molecule has 1 N–H and O–H groups in total. The summed E-state index contributed by atoms with van der Waals surface area (Å²) in [7, 11) is 0. The van der Waals surface area contributed by atoms with Crippen molar-refractivity contribution in [2.75, 3.05) is 11.9 Å². The number of hydrogen-bond acceptors (Lipinski definition) is 5. The van der Waals surface area contributed by atoms with Crippen LogP contribution in [0.3, 0.4) is 0 Å². The van der Waals surface area contributed by atoms with Crippen molar-refractivity contribution >= 4 is 40.6 Å². The summed E-state index contributed by atoms with van der Waals surface area (Å²) in [5, 5.41) is 2.30. The number of hydrogen-bond donors (Lipinski definition) is 1. The fraction of sp³-hybridized carbons (Fsp3) is 0.200. The Morgan fingerprint density at radius 3 is 2.58 bits per heavy atom. The third-order valence-electron chi connectivity index (χ3n) is 5.63. The summed E-state index contributed by atoms with van der Waals surface area (Å²) in [6, 6.07) is 11.4. The number of imide groups is 1. The highest BCUT2D eigenvalue weighted by molar-refractivity contribution is 8.18. The quantitative estimate of drug-likeness (QED) is 0.554. The molecule has 7 nitrogen and oxygen atoms in total. The standard InChI is InChI=1S/C25H24N4O3S/c1-15-7-8-20(10-16(15)2)27-23(30)14-28-24(31)22(33-25(28)32)12-19-11-17(3)29(18(19)4)21-6-5-9-26-13-21/h5-13H,14H2,1-4H3,(H,27,30)/b22-12+. The van der Waals surface area contributed by atoms with Crippen molar-refractivity contribution in [3.8, 4) is 5.69 Å². The Balaban J connectivity index is 1.51. The molecule has 168 valence electrons. The number of thioether (sulfide) groups is 1. The minimum atomic E-state index is -0.466. The van der Waals surface area contributed by atoms with Gasteiger partial charge in [-0.2, -0.15) is 0 Å². The molecule has 0 aliphatic carbocycles. The highest BCUT2D eigenvalue weighted by Crippen LogP contribution is 2.33. The molecule has 1 aliphatic rings. The van der Waals surface area contributed by atoms with E-state index in [-0.39, 0.29) is 6.54 Å². The van der Waals surface area contributed by atoms with Gasteiger partial charge in [-0.3, -0.25) is 24.3 Å². The van der Waals surface area contributed by atoms with Gasteiger partial charge in [0, 0.05) is 23.3 Å². The number of nitrogens with zero attached hydrogens (tertiary/aromatic N) is 3. The first-order chi connectivity index (χ1) is 15.7. The molecular weight excluding hydrogens is 436 g/mol. The SMILES string of the molecule is Cc1ccc(NC(=O)CN2C(=O)S/C(=C/c3cc(C)n(-c4cccnc4)c3C)C2=O)cc1C. The van der Waals surface area contributed by atoms with Gasteiger partial charge in [-0.25, -0.2) is 0 Å². The Bertz CT molecular complexity index is 1290. The van der Waals surface area contributed by atoms with Crippen LogP contribution in [-0.2, 0) is 9.59 Å². The van der Waals surface area contributed by atoms with Crippen LogP contribution in [0.25, 0.3) is 11.8 Å². The third-order valence-corrected chi connectivity index (χ3v) is 6.53. The zero-order chi connectivity index (χ0) is 23.7. The molecule has 0 spiro atoms. The van der Waals surface area contributed by atoms with Gasteiger partial charge in [0.2, 0.25) is 5.91 Å². The first-order valence-corrected chi connectivity index (χ1v) is 11.3. The normalized spacial score (nSPS) is 14.9. The molecule has 1 fully saturated rings. The Labute approximate surface area is 196 Å². The minimum Gasteiger partial charge on any atom is -0.325 e. The van der Waals surface area contributed by atoms with E-state index in [1.54, 1.807) is 24.5 Å². The second kappa shape index (κ2) is 9.07. The topological polar surface area (TPSA) is 84.3 Å². The molecule has 1 aliphatic heterocycles. The maximum absolute atomic E-state index is 12.9. The summed E-state index contributed by atoms with van der Waals surface area (Å²) in [6.07, 6.45) is 5.19. The van der Waals surface area contributed by atoms with Crippen LogP contribution in [0.1, 0.15) is 28.1 Å². The van der Waals surface area contributed by atoms with Gasteiger partial charge < -0.3 is 9.88 Å².